The summed E-state index contributed by atoms with van der Waals surface area (Å²) in [6, 6.07) is 0. The number of hydrogen-bond donors (Lipinski definition) is 0. The standard InChI is InChI=1S/C48B30O/c49-17-9(28(60)35(67)29(61)12(17)14-31(63)42(74)45(77)43(75)32(14)64)1-3-5(21(53)38(70)36(68)19(3)51)2(6-4(1)20(52)37(69)39(71)22(6)54)10-24(56)26(58)11(27(59)25(10)57)7-8-16-18(50)13-15(33(65)41(73)40(72)30(13)62)34(66)48(16)79-47(8)46(78)44(76)23(7)55. The van der Waals surface area contributed by atoms with Crippen molar-refractivity contribution in [2.24, 2.45) is 0 Å². The van der Waals surface area contributed by atoms with Crippen molar-refractivity contribution >= 4 is 454 Å². The second kappa shape index (κ2) is 19.6. The molecular weight excluding hydrogens is 917 g/mol. The molecule has 0 amide bonds. The molecule has 60 radical (unpaired) electrons. The summed E-state index contributed by atoms with van der Waals surface area (Å²) >= 11 is 0. The van der Waals surface area contributed by atoms with Gasteiger partial charge in [-0.1, -0.05) is 98.3 Å². The fraction of sp³-hybridized carbons (Fsp3) is 0. The van der Waals surface area contributed by atoms with Gasteiger partial charge in [-0.05, 0) is 82.3 Å². The van der Waals surface area contributed by atoms with Gasteiger partial charge in [-0.15, -0.1) is 60.1 Å². The minimum atomic E-state index is -0.310. The maximum atomic E-state index is 7.28. The summed E-state index contributed by atoms with van der Waals surface area (Å²) in [5.41, 5.74) is -6.53. The quantitative estimate of drug-likeness (QED) is 0.127. The highest BCUT2D eigenvalue weighted by atomic mass is 16.3. The summed E-state index contributed by atoms with van der Waals surface area (Å²) in [5, 5.41) is 0.144. The molecule has 79 heavy (non-hydrogen) atoms. The van der Waals surface area contributed by atoms with Gasteiger partial charge in [0.2, 0.25) is 0 Å². The van der Waals surface area contributed by atoms with E-state index in [9.17, 15) is 0 Å². The molecule has 0 spiro atoms. The fourth-order valence-corrected chi connectivity index (χ4v) is 11.0. The van der Waals surface area contributed by atoms with Gasteiger partial charge in [0.05, 0.1) is 0 Å². The van der Waals surface area contributed by atoms with Crippen molar-refractivity contribution in [2.75, 3.05) is 0 Å². The van der Waals surface area contributed by atoms with Crippen LogP contribution in [0.25, 0.3) is 98.8 Å². The van der Waals surface area contributed by atoms with Gasteiger partial charge in [0.15, 0.2) is 0 Å². The number of furan rings is 1. The molecule has 0 saturated carbocycles. The van der Waals surface area contributed by atoms with E-state index in [0.29, 0.717) is 0 Å². The van der Waals surface area contributed by atoms with Crippen molar-refractivity contribution in [3.05, 3.63) is 0 Å². The molecular formula is C48B30O. The number of hydrogen-bond acceptors (Lipinski definition) is 1. The summed E-state index contributed by atoms with van der Waals surface area (Å²) in [6.07, 6.45) is 0. The van der Waals surface area contributed by atoms with Gasteiger partial charge in [0.25, 0.3) is 0 Å². The largest absolute Gasteiger partial charge is 0.457 e. The van der Waals surface area contributed by atoms with Crippen LogP contribution < -0.4 is 164 Å². The molecule has 1 aromatic heterocycles. The highest BCUT2D eigenvalue weighted by molar-refractivity contribution is 6.77. The molecule has 9 aromatic carbocycles. The Bertz CT molecular complexity index is 4460. The minimum absolute atomic E-state index is 0.0268. The molecule has 0 unspecified atom stereocenters. The summed E-state index contributed by atoms with van der Waals surface area (Å²) in [5.74, 6) is 0. The van der Waals surface area contributed by atoms with Gasteiger partial charge in [-0.3, -0.25) is 0 Å². The second-order valence-electron chi connectivity index (χ2n) is 19.2. The highest BCUT2D eigenvalue weighted by Crippen LogP contribution is 2.40. The highest BCUT2D eigenvalue weighted by Gasteiger charge is 2.32. The van der Waals surface area contributed by atoms with Crippen molar-refractivity contribution in [1.29, 1.82) is 0 Å². The third-order valence-electron chi connectivity index (χ3n) is 15.3. The number of fused-ring (bicyclic) bond motifs is 6. The summed E-state index contributed by atoms with van der Waals surface area (Å²) in [6.45, 7) is 0. The molecule has 0 N–H and O–H groups in total. The molecule has 10 aromatic rings. The maximum absolute atomic E-state index is 7.28. The van der Waals surface area contributed by atoms with Gasteiger partial charge in [0.1, 0.15) is 247 Å². The maximum Gasteiger partial charge on any atom is 0.128 e. The topological polar surface area (TPSA) is 13.1 Å². The van der Waals surface area contributed by atoms with E-state index in [2.05, 4.69) is 0 Å². The van der Waals surface area contributed by atoms with Gasteiger partial charge in [-0.25, -0.2) is 0 Å². The lowest BCUT2D eigenvalue weighted by atomic mass is 9.54. The first-order chi connectivity index (χ1) is 36.8. The summed E-state index contributed by atoms with van der Waals surface area (Å²) < 4.78 is 6.39. The van der Waals surface area contributed by atoms with Gasteiger partial charge < -0.3 is 4.42 Å². The fourth-order valence-electron chi connectivity index (χ4n) is 11.0. The minimum Gasteiger partial charge on any atom is -0.457 e. The van der Waals surface area contributed by atoms with Crippen molar-refractivity contribution in [1.82, 2.24) is 0 Å². The monoisotopic (exact) mass is 922 g/mol. The molecule has 1 heterocycles. The SMILES string of the molecule is [B]c1c([B])c([B])c(-c2c([B])c([B])c([B])c(-c3c4c([B])c([B])c([B])c([B])c4c(-c4c([B])c([B])c(-c5c([B])c([B])c([B])c6oc7c([B])c8c([B])c([B])c([B])c([B])c8c([B])c7c56)c([B])c4[B])c4c([B])c([B])c([B])c([B])c34)c2[B])c([B])c1[B]. The lowest BCUT2D eigenvalue weighted by molar-refractivity contribution is 0.675. The van der Waals surface area contributed by atoms with Crippen molar-refractivity contribution in [3.8, 4) is 44.5 Å². The Morgan fingerprint density at radius 2 is 0.316 bits per heavy atom. The Hall–Kier alpha value is -4.49. The van der Waals surface area contributed by atoms with E-state index in [4.69, 9.17) is 240 Å². The molecule has 1 nitrogen and oxygen atoms in total. The Morgan fingerprint density at radius 1 is 0.114 bits per heavy atom. The lowest BCUT2D eigenvalue weighted by Gasteiger charge is -2.33. The first kappa shape index (κ1) is 57.7. The van der Waals surface area contributed by atoms with Crippen LogP contribution >= 0.6 is 0 Å². The molecule has 31 heteroatoms. The first-order valence-corrected chi connectivity index (χ1v) is 23.1. The molecule has 288 valence electrons. The van der Waals surface area contributed by atoms with Gasteiger partial charge in [-0.2, -0.15) is 0 Å². The average molecular weight is 917 g/mol. The van der Waals surface area contributed by atoms with E-state index >= 15 is 0 Å². The van der Waals surface area contributed by atoms with Crippen LogP contribution in [0.15, 0.2) is 4.42 Å². The zero-order valence-electron chi connectivity index (χ0n) is 41.7. The second-order valence-corrected chi connectivity index (χ2v) is 19.2. The average Bonchev–Trinajstić information content (AvgIpc) is 3.84. The Morgan fingerprint density at radius 3 is 0.684 bits per heavy atom. The molecule has 0 atom stereocenters. The van der Waals surface area contributed by atoms with Gasteiger partial charge >= 0.3 is 0 Å². The van der Waals surface area contributed by atoms with E-state index in [1.54, 1.807) is 0 Å². The van der Waals surface area contributed by atoms with Crippen LogP contribution in [0.3, 0.4) is 0 Å². The Balaban J connectivity index is 1.43. The molecule has 10 rings (SSSR count). The predicted octanol–water partition coefficient (Wildman–Crippen LogP) is -22.5. The molecule has 0 saturated heterocycles. The molecule has 0 fully saturated rings. The smallest absolute Gasteiger partial charge is 0.128 e. The van der Waals surface area contributed by atoms with E-state index < -0.39 is 0 Å². The van der Waals surface area contributed by atoms with Crippen LogP contribution in [-0.4, -0.2) is 235 Å². The van der Waals surface area contributed by atoms with Crippen LogP contribution in [0.1, 0.15) is 0 Å². The van der Waals surface area contributed by atoms with E-state index in [-0.39, 0.29) is 263 Å². The zero-order valence-corrected chi connectivity index (χ0v) is 41.7. The Labute approximate surface area is 498 Å². The third kappa shape index (κ3) is 7.52. The first-order valence-electron chi connectivity index (χ1n) is 23.1. The Kier molecular flexibility index (Phi) is 14.3. The normalized spacial score (nSPS) is 11.8. The molecule has 0 bridgehead atoms. The van der Waals surface area contributed by atoms with Crippen molar-refractivity contribution in [2.45, 2.75) is 0 Å². The summed E-state index contributed by atoms with van der Waals surface area (Å²) in [7, 11) is 204. The lowest BCUT2D eigenvalue weighted by Crippen LogP contribution is -2.57. The third-order valence-corrected chi connectivity index (χ3v) is 15.3. The zero-order chi connectivity index (χ0) is 58.4. The van der Waals surface area contributed by atoms with Gasteiger partial charge in [0, 0.05) is 10.8 Å². The van der Waals surface area contributed by atoms with E-state index in [0.717, 1.165) is 0 Å². The van der Waals surface area contributed by atoms with Crippen LogP contribution in [0.2, 0.25) is 0 Å². The molecule has 0 aliphatic rings. The molecule has 0 aliphatic carbocycles. The van der Waals surface area contributed by atoms with Crippen LogP contribution in [0, 0.1) is 0 Å². The van der Waals surface area contributed by atoms with E-state index in [1.807, 2.05) is 0 Å². The number of benzene rings is 9. The summed E-state index contributed by atoms with van der Waals surface area (Å²) in [4.78, 5) is 0. The van der Waals surface area contributed by atoms with Crippen LogP contribution in [0.5, 0.6) is 0 Å². The molecule has 0 aliphatic heterocycles. The van der Waals surface area contributed by atoms with Crippen LogP contribution in [-0.2, 0) is 0 Å². The van der Waals surface area contributed by atoms with Crippen molar-refractivity contribution in [3.63, 3.8) is 0 Å². The predicted molar refractivity (Wildman–Crippen MR) is 370 cm³/mol. The van der Waals surface area contributed by atoms with Crippen molar-refractivity contribution < 1.29 is 4.42 Å². The van der Waals surface area contributed by atoms with Crippen LogP contribution in [0.4, 0.5) is 0 Å². The number of rotatable bonds is 4. The van der Waals surface area contributed by atoms with E-state index in [1.165, 1.54) is 0 Å².